The molecule has 3 unspecified atom stereocenters. The topological polar surface area (TPSA) is 58.2 Å². The van der Waals surface area contributed by atoms with Crippen molar-refractivity contribution in [3.8, 4) is 0 Å². The average Bonchev–Trinajstić information content (AvgIpc) is 2.58. The van der Waals surface area contributed by atoms with Crippen molar-refractivity contribution in [2.75, 3.05) is 11.9 Å². The second kappa shape index (κ2) is 8.03. The first kappa shape index (κ1) is 18.0. The van der Waals surface area contributed by atoms with Gasteiger partial charge in [0, 0.05) is 36.0 Å². The predicted molar refractivity (Wildman–Crippen MR) is 100 cm³/mol. The van der Waals surface area contributed by atoms with Gasteiger partial charge in [0.25, 0.3) is 0 Å². The number of nitrogens with one attached hydrogen (secondary N) is 2. The van der Waals surface area contributed by atoms with Gasteiger partial charge in [-0.25, -0.2) is 0 Å². The van der Waals surface area contributed by atoms with Crippen molar-refractivity contribution in [1.29, 1.82) is 0 Å². The highest BCUT2D eigenvalue weighted by atomic mass is 16.2. The van der Waals surface area contributed by atoms with Crippen LogP contribution >= 0.6 is 0 Å². The molecule has 0 radical (unpaired) electrons. The van der Waals surface area contributed by atoms with Crippen molar-refractivity contribution in [3.05, 3.63) is 30.3 Å². The van der Waals surface area contributed by atoms with Crippen LogP contribution in [0.1, 0.15) is 46.0 Å². The fraction of sp³-hybridized carbons (Fsp3) is 0.619. The van der Waals surface area contributed by atoms with Crippen LogP contribution in [-0.2, 0) is 9.59 Å². The van der Waals surface area contributed by atoms with Gasteiger partial charge < -0.3 is 10.6 Å². The lowest BCUT2D eigenvalue weighted by molar-refractivity contribution is -0.137. The molecule has 0 saturated heterocycles. The number of Topliss-reactive ketones (excluding diaryl/α,β-unsaturated/α-hetero) is 1. The number of ketones is 1. The van der Waals surface area contributed by atoms with E-state index in [2.05, 4.69) is 24.5 Å². The van der Waals surface area contributed by atoms with Crippen LogP contribution in [0.15, 0.2) is 30.3 Å². The first-order valence-electron chi connectivity index (χ1n) is 9.67. The van der Waals surface area contributed by atoms with E-state index in [-0.39, 0.29) is 29.7 Å². The molecule has 0 heterocycles. The van der Waals surface area contributed by atoms with E-state index < -0.39 is 0 Å². The molecule has 1 aromatic carbocycles. The molecule has 3 rings (SSSR count). The molecule has 2 fully saturated rings. The van der Waals surface area contributed by atoms with Crippen molar-refractivity contribution >= 4 is 17.4 Å². The molecule has 0 aliphatic heterocycles. The van der Waals surface area contributed by atoms with Crippen molar-refractivity contribution in [1.82, 2.24) is 5.32 Å². The maximum atomic E-state index is 12.7. The zero-order valence-corrected chi connectivity index (χ0v) is 15.3. The number of para-hydroxylation sites is 1. The second-order valence-corrected chi connectivity index (χ2v) is 8.00. The van der Waals surface area contributed by atoms with Gasteiger partial charge in [0.1, 0.15) is 5.78 Å². The zero-order chi connectivity index (χ0) is 17.8. The van der Waals surface area contributed by atoms with Crippen molar-refractivity contribution < 1.29 is 9.59 Å². The Morgan fingerprint density at radius 1 is 1.12 bits per heavy atom. The van der Waals surface area contributed by atoms with Crippen LogP contribution in [0.3, 0.4) is 0 Å². The van der Waals surface area contributed by atoms with E-state index in [4.69, 9.17) is 0 Å². The first-order valence-corrected chi connectivity index (χ1v) is 9.67. The Bertz CT molecular complexity index is 583. The minimum Gasteiger partial charge on any atom is -0.380 e. The van der Waals surface area contributed by atoms with Crippen molar-refractivity contribution in [2.45, 2.75) is 52.0 Å². The lowest BCUT2D eigenvalue weighted by atomic mass is 9.67. The number of anilines is 1. The molecular formula is C21H30N2O2. The van der Waals surface area contributed by atoms with Crippen LogP contribution < -0.4 is 10.6 Å². The number of rotatable bonds is 6. The van der Waals surface area contributed by atoms with Crippen LogP contribution in [0.25, 0.3) is 0 Å². The molecule has 2 saturated carbocycles. The van der Waals surface area contributed by atoms with E-state index in [0.717, 1.165) is 37.8 Å². The SMILES string of the molecule is CC(C)C(CNC(=O)C1CC2CCCC(C1)C2=O)Nc1ccccc1. The van der Waals surface area contributed by atoms with Crippen LogP contribution in [0.5, 0.6) is 0 Å². The summed E-state index contributed by atoms with van der Waals surface area (Å²) >= 11 is 0. The molecule has 4 heteroatoms. The van der Waals surface area contributed by atoms with Gasteiger partial charge in [0.15, 0.2) is 0 Å². The first-order chi connectivity index (χ1) is 12.0. The largest absolute Gasteiger partial charge is 0.380 e. The lowest BCUT2D eigenvalue weighted by Gasteiger charge is -2.37. The third-order valence-corrected chi connectivity index (χ3v) is 5.85. The summed E-state index contributed by atoms with van der Waals surface area (Å²) in [6, 6.07) is 10.3. The number of fused-ring (bicyclic) bond motifs is 2. The summed E-state index contributed by atoms with van der Waals surface area (Å²) in [4.78, 5) is 24.9. The number of amides is 1. The smallest absolute Gasteiger partial charge is 0.223 e. The van der Waals surface area contributed by atoms with Crippen LogP contribution in [-0.4, -0.2) is 24.3 Å². The van der Waals surface area contributed by atoms with Crippen LogP contribution in [0.4, 0.5) is 5.69 Å². The zero-order valence-electron chi connectivity index (χ0n) is 15.3. The summed E-state index contributed by atoms with van der Waals surface area (Å²) in [7, 11) is 0. The standard InChI is InChI=1S/C21H30N2O2/c1-14(2)19(23-18-9-4-3-5-10-18)13-22-21(25)17-11-15-7-6-8-16(12-17)20(15)24/h3-5,9-10,14-17,19,23H,6-8,11-13H2,1-2H3,(H,22,25). The van der Waals surface area contributed by atoms with E-state index in [1.165, 1.54) is 0 Å². The second-order valence-electron chi connectivity index (χ2n) is 8.00. The number of carbonyl (C=O) groups excluding carboxylic acids is 2. The fourth-order valence-electron chi connectivity index (χ4n) is 4.25. The number of carbonyl (C=O) groups is 2. The van der Waals surface area contributed by atoms with E-state index in [1.807, 2.05) is 30.3 Å². The summed E-state index contributed by atoms with van der Waals surface area (Å²) in [5.41, 5.74) is 1.08. The molecule has 2 aliphatic rings. The van der Waals surface area contributed by atoms with Crippen LogP contribution in [0.2, 0.25) is 0 Å². The average molecular weight is 342 g/mol. The molecular weight excluding hydrogens is 312 g/mol. The quantitative estimate of drug-likeness (QED) is 0.830. The summed E-state index contributed by atoms with van der Waals surface area (Å²) in [5, 5.41) is 6.66. The molecule has 136 valence electrons. The van der Waals surface area contributed by atoms with Gasteiger partial charge in [-0.05, 0) is 43.7 Å². The van der Waals surface area contributed by atoms with E-state index >= 15 is 0 Å². The third-order valence-electron chi connectivity index (χ3n) is 5.85. The molecule has 0 spiro atoms. The molecule has 1 aromatic rings. The Balaban J connectivity index is 1.54. The Hall–Kier alpha value is -1.84. The van der Waals surface area contributed by atoms with Gasteiger partial charge in [0.05, 0.1) is 0 Å². The van der Waals surface area contributed by atoms with Gasteiger partial charge in [-0.15, -0.1) is 0 Å². The molecule has 1 amide bonds. The molecule has 2 N–H and O–H groups in total. The summed E-state index contributed by atoms with van der Waals surface area (Å²) in [6.45, 7) is 4.94. The van der Waals surface area contributed by atoms with E-state index in [9.17, 15) is 9.59 Å². The van der Waals surface area contributed by atoms with Gasteiger partial charge in [-0.1, -0.05) is 38.5 Å². The maximum absolute atomic E-state index is 12.7. The summed E-state index contributed by atoms with van der Waals surface area (Å²) < 4.78 is 0. The van der Waals surface area contributed by atoms with E-state index in [0.29, 0.717) is 18.2 Å². The van der Waals surface area contributed by atoms with E-state index in [1.54, 1.807) is 0 Å². The minimum absolute atomic E-state index is 0.0116. The Morgan fingerprint density at radius 3 is 2.36 bits per heavy atom. The van der Waals surface area contributed by atoms with Gasteiger partial charge in [0.2, 0.25) is 5.91 Å². The normalized spacial score (nSPS) is 27.0. The fourth-order valence-corrected chi connectivity index (χ4v) is 4.25. The Labute approximate surface area is 150 Å². The Kier molecular flexibility index (Phi) is 5.77. The van der Waals surface area contributed by atoms with Crippen molar-refractivity contribution in [3.63, 3.8) is 0 Å². The summed E-state index contributed by atoms with van der Waals surface area (Å²) in [5.74, 6) is 1.23. The number of hydrogen-bond donors (Lipinski definition) is 2. The molecule has 2 aliphatic carbocycles. The van der Waals surface area contributed by atoms with Gasteiger partial charge in [-0.3, -0.25) is 9.59 Å². The summed E-state index contributed by atoms with van der Waals surface area (Å²) in [6.07, 6.45) is 4.59. The van der Waals surface area contributed by atoms with Crippen LogP contribution in [0, 0.1) is 23.7 Å². The van der Waals surface area contributed by atoms with Gasteiger partial charge >= 0.3 is 0 Å². The molecule has 0 aromatic heterocycles. The minimum atomic E-state index is 0.0116. The number of benzene rings is 1. The third kappa shape index (κ3) is 4.42. The predicted octanol–water partition coefficient (Wildman–Crippen LogP) is 3.63. The molecule has 3 atom stereocenters. The highest BCUT2D eigenvalue weighted by molar-refractivity contribution is 5.88. The number of hydrogen-bond acceptors (Lipinski definition) is 3. The lowest BCUT2D eigenvalue weighted by Crippen LogP contribution is -2.46. The monoisotopic (exact) mass is 342 g/mol. The Morgan fingerprint density at radius 2 is 1.76 bits per heavy atom. The molecule has 2 bridgehead atoms. The molecule has 25 heavy (non-hydrogen) atoms. The highest BCUT2D eigenvalue weighted by Crippen LogP contribution is 2.40. The molecule has 4 nitrogen and oxygen atoms in total. The highest BCUT2D eigenvalue weighted by Gasteiger charge is 2.41. The van der Waals surface area contributed by atoms with Crippen molar-refractivity contribution in [2.24, 2.45) is 23.7 Å². The maximum Gasteiger partial charge on any atom is 0.223 e. The van der Waals surface area contributed by atoms with Gasteiger partial charge in [-0.2, -0.15) is 0 Å².